The summed E-state index contributed by atoms with van der Waals surface area (Å²) >= 11 is 0. The highest BCUT2D eigenvalue weighted by Crippen LogP contribution is 2.41. The summed E-state index contributed by atoms with van der Waals surface area (Å²) in [5.74, 6) is 1.51. The van der Waals surface area contributed by atoms with Crippen molar-refractivity contribution in [2.45, 2.75) is 31.7 Å². The van der Waals surface area contributed by atoms with E-state index < -0.39 is 0 Å². The average molecular weight is 282 g/mol. The summed E-state index contributed by atoms with van der Waals surface area (Å²) in [4.78, 5) is 4.16. The van der Waals surface area contributed by atoms with E-state index in [0.29, 0.717) is 12.0 Å². The maximum absolute atomic E-state index is 5.47. The van der Waals surface area contributed by atoms with E-state index in [-0.39, 0.29) is 0 Å². The van der Waals surface area contributed by atoms with E-state index in [0.717, 1.165) is 18.7 Å². The lowest BCUT2D eigenvalue weighted by Crippen LogP contribution is -2.27. The van der Waals surface area contributed by atoms with Crippen molar-refractivity contribution in [2.75, 3.05) is 13.7 Å². The molecule has 21 heavy (non-hydrogen) atoms. The van der Waals surface area contributed by atoms with Crippen LogP contribution >= 0.6 is 0 Å². The Morgan fingerprint density at radius 3 is 2.95 bits per heavy atom. The normalized spacial score (nSPS) is 17.7. The van der Waals surface area contributed by atoms with Gasteiger partial charge in [0.05, 0.1) is 13.3 Å². The summed E-state index contributed by atoms with van der Waals surface area (Å²) < 4.78 is 5.47. The Bertz CT molecular complexity index is 612. The lowest BCUT2D eigenvalue weighted by Gasteiger charge is -2.33. The van der Waals surface area contributed by atoms with Crippen LogP contribution in [0.2, 0.25) is 0 Å². The van der Waals surface area contributed by atoms with Gasteiger partial charge in [-0.2, -0.15) is 0 Å². The topological polar surface area (TPSA) is 34.2 Å². The van der Waals surface area contributed by atoms with Crippen LogP contribution in [0, 0.1) is 0 Å². The molecule has 0 saturated heterocycles. The highest BCUT2D eigenvalue weighted by atomic mass is 16.5. The third-order valence-electron chi connectivity index (χ3n) is 4.34. The van der Waals surface area contributed by atoms with Crippen LogP contribution in [0.25, 0.3) is 0 Å². The molecule has 0 amide bonds. The molecule has 1 heterocycles. The predicted octanol–water partition coefficient (Wildman–Crippen LogP) is 3.47. The molecule has 0 aliphatic heterocycles. The zero-order valence-corrected chi connectivity index (χ0v) is 12.7. The molecule has 1 aliphatic carbocycles. The van der Waals surface area contributed by atoms with Gasteiger partial charge in [-0.25, -0.2) is 0 Å². The van der Waals surface area contributed by atoms with Crippen LogP contribution in [0.5, 0.6) is 5.75 Å². The molecule has 0 saturated carbocycles. The van der Waals surface area contributed by atoms with Crippen LogP contribution in [0.3, 0.4) is 0 Å². The summed E-state index contributed by atoms with van der Waals surface area (Å²) in [6.45, 7) is 3.10. The molecule has 3 rings (SSSR count). The second kappa shape index (κ2) is 6.27. The van der Waals surface area contributed by atoms with E-state index >= 15 is 0 Å². The molecule has 0 spiro atoms. The summed E-state index contributed by atoms with van der Waals surface area (Å²) in [6, 6.07) is 11.1. The molecule has 2 aromatic rings. The first-order valence-electron chi connectivity index (χ1n) is 7.62. The van der Waals surface area contributed by atoms with Gasteiger partial charge in [-0.3, -0.25) is 4.98 Å². The summed E-state index contributed by atoms with van der Waals surface area (Å²) in [6.07, 6.45) is 5.93. The van der Waals surface area contributed by atoms with Crippen molar-refractivity contribution in [3.05, 3.63) is 59.4 Å². The van der Waals surface area contributed by atoms with Gasteiger partial charge in [0.25, 0.3) is 0 Å². The summed E-state index contributed by atoms with van der Waals surface area (Å²) in [5, 5.41) is 3.60. The molecule has 2 unspecified atom stereocenters. The largest absolute Gasteiger partial charge is 0.495 e. The zero-order chi connectivity index (χ0) is 14.7. The van der Waals surface area contributed by atoms with Gasteiger partial charge in [-0.1, -0.05) is 31.2 Å². The minimum atomic E-state index is 0.311. The maximum atomic E-state index is 5.47. The van der Waals surface area contributed by atoms with E-state index in [1.807, 2.05) is 6.20 Å². The van der Waals surface area contributed by atoms with E-state index in [1.165, 1.54) is 23.1 Å². The van der Waals surface area contributed by atoms with Gasteiger partial charge >= 0.3 is 0 Å². The first kappa shape index (κ1) is 14.1. The predicted molar refractivity (Wildman–Crippen MR) is 84.7 cm³/mol. The first-order valence-corrected chi connectivity index (χ1v) is 7.62. The van der Waals surface area contributed by atoms with Crippen LogP contribution in [0.15, 0.2) is 42.7 Å². The standard InChI is InChI=1S/C18H22N2O/c1-3-20-17(16-8-9-19-12-18(16)21-2)11-14-10-13-6-4-5-7-15(13)14/h4-9,12,14,17,20H,3,10-11H2,1-2H3. The molecule has 3 heteroatoms. The molecule has 0 radical (unpaired) electrons. The number of aromatic nitrogens is 1. The zero-order valence-electron chi connectivity index (χ0n) is 12.7. The monoisotopic (exact) mass is 282 g/mol. The van der Waals surface area contributed by atoms with Crippen molar-refractivity contribution in [3.8, 4) is 5.75 Å². The SMILES string of the molecule is CCNC(CC1Cc2ccccc21)c1ccncc1OC. The fraction of sp³-hybridized carbons (Fsp3) is 0.389. The number of pyridine rings is 1. The Morgan fingerprint density at radius 1 is 1.33 bits per heavy atom. The van der Waals surface area contributed by atoms with Gasteiger partial charge in [0.15, 0.2) is 0 Å². The van der Waals surface area contributed by atoms with E-state index in [9.17, 15) is 0 Å². The quantitative estimate of drug-likeness (QED) is 0.881. The van der Waals surface area contributed by atoms with Gasteiger partial charge in [0.2, 0.25) is 0 Å². The number of hydrogen-bond acceptors (Lipinski definition) is 3. The molecule has 1 aromatic heterocycles. The minimum Gasteiger partial charge on any atom is -0.495 e. The third kappa shape index (κ3) is 2.79. The van der Waals surface area contributed by atoms with Crippen molar-refractivity contribution < 1.29 is 4.74 Å². The molecule has 110 valence electrons. The van der Waals surface area contributed by atoms with Crippen molar-refractivity contribution >= 4 is 0 Å². The van der Waals surface area contributed by atoms with E-state index in [4.69, 9.17) is 4.74 Å². The number of ether oxygens (including phenoxy) is 1. The molecule has 1 N–H and O–H groups in total. The van der Waals surface area contributed by atoms with Crippen molar-refractivity contribution in [3.63, 3.8) is 0 Å². The van der Waals surface area contributed by atoms with Gasteiger partial charge in [-0.15, -0.1) is 0 Å². The van der Waals surface area contributed by atoms with Gasteiger partial charge < -0.3 is 10.1 Å². The van der Waals surface area contributed by atoms with Crippen LogP contribution in [0.1, 0.15) is 42.0 Å². The van der Waals surface area contributed by atoms with Gasteiger partial charge in [0, 0.05) is 17.8 Å². The molecule has 0 fully saturated rings. The fourth-order valence-corrected chi connectivity index (χ4v) is 3.27. The van der Waals surface area contributed by atoms with Crippen molar-refractivity contribution in [1.29, 1.82) is 0 Å². The van der Waals surface area contributed by atoms with Crippen molar-refractivity contribution in [1.82, 2.24) is 10.3 Å². The molecule has 2 atom stereocenters. The summed E-state index contributed by atoms with van der Waals surface area (Å²) in [5.41, 5.74) is 4.21. The highest BCUT2D eigenvalue weighted by Gasteiger charge is 2.29. The molecule has 3 nitrogen and oxygen atoms in total. The van der Waals surface area contributed by atoms with Gasteiger partial charge in [0.1, 0.15) is 5.75 Å². The van der Waals surface area contributed by atoms with Crippen LogP contribution in [-0.4, -0.2) is 18.6 Å². The lowest BCUT2D eigenvalue weighted by molar-refractivity contribution is 0.382. The molecule has 1 aromatic carbocycles. The average Bonchev–Trinajstić information content (AvgIpc) is 2.51. The number of benzene rings is 1. The Labute approximate surface area is 126 Å². The fourth-order valence-electron chi connectivity index (χ4n) is 3.27. The third-order valence-corrected chi connectivity index (χ3v) is 4.34. The minimum absolute atomic E-state index is 0.311. The Morgan fingerprint density at radius 2 is 2.19 bits per heavy atom. The molecule has 1 aliphatic rings. The Kier molecular flexibility index (Phi) is 4.20. The summed E-state index contributed by atoms with van der Waals surface area (Å²) in [7, 11) is 1.71. The number of methoxy groups -OCH3 is 1. The second-order valence-corrected chi connectivity index (χ2v) is 5.56. The second-order valence-electron chi connectivity index (χ2n) is 5.56. The van der Waals surface area contributed by atoms with Crippen LogP contribution in [-0.2, 0) is 6.42 Å². The smallest absolute Gasteiger partial charge is 0.141 e. The van der Waals surface area contributed by atoms with Gasteiger partial charge in [-0.05, 0) is 42.5 Å². The number of fused-ring (bicyclic) bond motifs is 1. The molecular formula is C18H22N2O. The number of nitrogens with one attached hydrogen (secondary N) is 1. The Hall–Kier alpha value is -1.87. The maximum Gasteiger partial charge on any atom is 0.141 e. The van der Waals surface area contributed by atoms with E-state index in [1.54, 1.807) is 13.3 Å². The highest BCUT2D eigenvalue weighted by molar-refractivity contribution is 5.41. The van der Waals surface area contributed by atoms with Crippen LogP contribution < -0.4 is 10.1 Å². The van der Waals surface area contributed by atoms with Crippen LogP contribution in [0.4, 0.5) is 0 Å². The number of nitrogens with zero attached hydrogens (tertiary/aromatic N) is 1. The molecular weight excluding hydrogens is 260 g/mol. The van der Waals surface area contributed by atoms with E-state index in [2.05, 4.69) is 47.6 Å². The number of rotatable bonds is 6. The molecule has 0 bridgehead atoms. The first-order chi connectivity index (χ1) is 10.3. The lowest BCUT2D eigenvalue weighted by atomic mass is 9.74. The number of hydrogen-bond donors (Lipinski definition) is 1. The van der Waals surface area contributed by atoms with Crippen molar-refractivity contribution in [2.24, 2.45) is 0 Å². The Balaban J connectivity index is 1.80.